The van der Waals surface area contributed by atoms with Crippen LogP contribution in [0.3, 0.4) is 0 Å². The quantitative estimate of drug-likeness (QED) is 0.720. The summed E-state index contributed by atoms with van der Waals surface area (Å²) < 4.78 is 18.8. The fraction of sp³-hybridized carbons (Fsp3) is 0.333. The molecule has 1 amide bonds. The number of rotatable bonds is 7. The Morgan fingerprint density at radius 3 is 2.81 bits per heavy atom. The van der Waals surface area contributed by atoms with Crippen LogP contribution in [0, 0.1) is 5.82 Å². The van der Waals surface area contributed by atoms with Crippen LogP contribution in [-0.4, -0.2) is 36.5 Å². The number of ether oxygens (including phenoxy) is 1. The maximum atomic E-state index is 14.1. The molecular weight excluding hydrogens is 379 g/mol. The summed E-state index contributed by atoms with van der Waals surface area (Å²) >= 11 is 7.30. The molecule has 3 rings (SSSR count). The molecule has 0 unspecified atom stereocenters. The molecule has 1 aliphatic carbocycles. The zero-order chi connectivity index (χ0) is 18.7. The van der Waals surface area contributed by atoms with E-state index in [-0.39, 0.29) is 30.9 Å². The first-order chi connectivity index (χ1) is 12.5. The highest BCUT2D eigenvalue weighted by Crippen LogP contribution is 2.31. The number of nitrogens with zero attached hydrogens (tertiary/aromatic N) is 1. The Morgan fingerprint density at radius 1 is 1.38 bits per heavy atom. The molecule has 0 saturated heterocycles. The number of anilines is 1. The van der Waals surface area contributed by atoms with Crippen molar-refractivity contribution in [2.75, 3.05) is 19.0 Å². The van der Waals surface area contributed by atoms with Crippen LogP contribution >= 0.6 is 22.9 Å². The fourth-order valence-electron chi connectivity index (χ4n) is 2.67. The number of nitrogens with one attached hydrogen (secondary N) is 1. The van der Waals surface area contributed by atoms with Crippen molar-refractivity contribution in [3.8, 4) is 0 Å². The summed E-state index contributed by atoms with van der Waals surface area (Å²) in [5, 5.41) is 4.79. The molecule has 0 radical (unpaired) electrons. The van der Waals surface area contributed by atoms with Crippen molar-refractivity contribution < 1.29 is 18.7 Å². The minimum Gasteiger partial charge on any atom is -0.465 e. The van der Waals surface area contributed by atoms with Gasteiger partial charge in [-0.1, -0.05) is 17.7 Å². The van der Waals surface area contributed by atoms with Crippen LogP contribution < -0.4 is 5.32 Å². The zero-order valence-electron chi connectivity index (χ0n) is 14.1. The normalized spacial score (nSPS) is 13.7. The number of thiophene rings is 1. The molecule has 0 aliphatic heterocycles. The Bertz CT molecular complexity index is 802. The van der Waals surface area contributed by atoms with Crippen molar-refractivity contribution in [1.29, 1.82) is 0 Å². The number of methoxy groups -OCH3 is 1. The largest absolute Gasteiger partial charge is 0.465 e. The molecule has 1 heterocycles. The second-order valence-corrected chi connectivity index (χ2v) is 7.36. The van der Waals surface area contributed by atoms with E-state index in [1.54, 1.807) is 23.6 Å². The summed E-state index contributed by atoms with van der Waals surface area (Å²) in [4.78, 5) is 26.4. The summed E-state index contributed by atoms with van der Waals surface area (Å²) in [5.74, 6) is -1.14. The van der Waals surface area contributed by atoms with Gasteiger partial charge in [-0.2, -0.15) is 0 Å². The highest BCUT2D eigenvalue weighted by atomic mass is 35.5. The highest BCUT2D eigenvalue weighted by molar-refractivity contribution is 7.12. The van der Waals surface area contributed by atoms with Gasteiger partial charge in [0.15, 0.2) is 0 Å². The van der Waals surface area contributed by atoms with Crippen molar-refractivity contribution >= 4 is 40.5 Å². The molecule has 0 atom stereocenters. The number of carbonyl (C=O) groups excluding carboxylic acids is 2. The molecule has 1 fully saturated rings. The number of carbonyl (C=O) groups is 2. The minimum atomic E-state index is -0.493. The monoisotopic (exact) mass is 396 g/mol. The van der Waals surface area contributed by atoms with Gasteiger partial charge in [-0.3, -0.25) is 9.69 Å². The lowest BCUT2D eigenvalue weighted by atomic mass is 10.2. The number of halogens is 2. The lowest BCUT2D eigenvalue weighted by Crippen LogP contribution is -2.35. The highest BCUT2D eigenvalue weighted by Gasteiger charge is 2.31. The van der Waals surface area contributed by atoms with E-state index in [0.717, 1.165) is 12.8 Å². The van der Waals surface area contributed by atoms with Crippen molar-refractivity contribution in [3.63, 3.8) is 0 Å². The lowest BCUT2D eigenvalue weighted by molar-refractivity contribution is -0.117. The van der Waals surface area contributed by atoms with Crippen LogP contribution in [0.1, 0.15) is 28.1 Å². The van der Waals surface area contributed by atoms with Gasteiger partial charge in [-0.15, -0.1) is 11.3 Å². The van der Waals surface area contributed by atoms with E-state index in [2.05, 4.69) is 5.32 Å². The molecule has 1 aromatic heterocycles. The first-order valence-corrected chi connectivity index (χ1v) is 9.38. The molecule has 0 bridgehead atoms. The maximum absolute atomic E-state index is 14.1. The van der Waals surface area contributed by atoms with E-state index >= 15 is 0 Å². The molecule has 1 saturated carbocycles. The van der Waals surface area contributed by atoms with E-state index in [4.69, 9.17) is 16.3 Å². The first kappa shape index (κ1) is 18.8. The van der Waals surface area contributed by atoms with Crippen LogP contribution in [0.5, 0.6) is 0 Å². The zero-order valence-corrected chi connectivity index (χ0v) is 15.7. The minimum absolute atomic E-state index is 0.0891. The Balaban J connectivity index is 1.68. The molecule has 5 nitrogen and oxygen atoms in total. The Kier molecular flexibility index (Phi) is 5.90. The van der Waals surface area contributed by atoms with Crippen LogP contribution in [0.25, 0.3) is 0 Å². The van der Waals surface area contributed by atoms with Gasteiger partial charge < -0.3 is 10.1 Å². The van der Waals surface area contributed by atoms with Gasteiger partial charge in [0.25, 0.3) is 0 Å². The molecule has 1 N–H and O–H groups in total. The molecule has 2 aromatic rings. The number of hydrogen-bond acceptors (Lipinski definition) is 5. The Morgan fingerprint density at radius 2 is 2.15 bits per heavy atom. The smallest absolute Gasteiger partial charge is 0.350 e. The fourth-order valence-corrected chi connectivity index (χ4v) is 3.66. The predicted octanol–water partition coefficient (Wildman–Crippen LogP) is 3.93. The van der Waals surface area contributed by atoms with E-state index in [1.165, 1.54) is 24.5 Å². The molecule has 1 aromatic carbocycles. The SMILES string of the molecule is COC(=O)c1sccc1NC(=O)CN(Cc1c(F)cccc1Cl)C1CC1. The van der Waals surface area contributed by atoms with Crippen molar-refractivity contribution in [1.82, 2.24) is 4.90 Å². The van der Waals surface area contributed by atoms with E-state index in [0.29, 0.717) is 21.2 Å². The van der Waals surface area contributed by atoms with Gasteiger partial charge in [0.1, 0.15) is 10.7 Å². The standard InChI is InChI=1S/C18H18ClFN2O3S/c1-25-18(24)17-15(7-8-26-17)21-16(23)10-22(11-5-6-11)9-12-13(19)3-2-4-14(12)20/h2-4,7-8,11H,5-6,9-10H2,1H3,(H,21,23). The second kappa shape index (κ2) is 8.16. The van der Waals surface area contributed by atoms with Gasteiger partial charge in [-0.05, 0) is 36.4 Å². The van der Waals surface area contributed by atoms with E-state index in [9.17, 15) is 14.0 Å². The molecule has 138 valence electrons. The number of amides is 1. The van der Waals surface area contributed by atoms with Crippen molar-refractivity contribution in [3.05, 3.63) is 50.9 Å². The van der Waals surface area contributed by atoms with Gasteiger partial charge in [0, 0.05) is 23.2 Å². The third-order valence-corrected chi connectivity index (χ3v) is 5.39. The van der Waals surface area contributed by atoms with E-state index in [1.807, 2.05) is 4.90 Å². The van der Waals surface area contributed by atoms with E-state index < -0.39 is 5.97 Å². The summed E-state index contributed by atoms with van der Waals surface area (Å²) in [6.45, 7) is 0.350. The predicted molar refractivity (Wildman–Crippen MR) is 99.1 cm³/mol. The lowest BCUT2D eigenvalue weighted by Gasteiger charge is -2.22. The van der Waals surface area contributed by atoms with Gasteiger partial charge in [0.2, 0.25) is 5.91 Å². The van der Waals surface area contributed by atoms with Crippen molar-refractivity contribution in [2.45, 2.75) is 25.4 Å². The van der Waals surface area contributed by atoms with Gasteiger partial charge in [-0.25, -0.2) is 9.18 Å². The molecular formula is C18H18ClFN2O3S. The van der Waals surface area contributed by atoms with Crippen LogP contribution in [0.4, 0.5) is 10.1 Å². The summed E-state index contributed by atoms with van der Waals surface area (Å²) in [7, 11) is 1.29. The Labute approximate surface area is 159 Å². The number of hydrogen-bond donors (Lipinski definition) is 1. The molecule has 26 heavy (non-hydrogen) atoms. The third-order valence-electron chi connectivity index (χ3n) is 4.14. The summed E-state index contributed by atoms with van der Waals surface area (Å²) in [5.41, 5.74) is 0.811. The second-order valence-electron chi connectivity index (χ2n) is 6.04. The average molecular weight is 397 g/mol. The molecule has 8 heteroatoms. The summed E-state index contributed by atoms with van der Waals surface area (Å²) in [6, 6.07) is 6.45. The topological polar surface area (TPSA) is 58.6 Å². The van der Waals surface area contributed by atoms with Gasteiger partial charge >= 0.3 is 5.97 Å². The number of benzene rings is 1. The first-order valence-electron chi connectivity index (χ1n) is 8.12. The maximum Gasteiger partial charge on any atom is 0.350 e. The van der Waals surface area contributed by atoms with Crippen molar-refractivity contribution in [2.24, 2.45) is 0 Å². The summed E-state index contributed by atoms with van der Waals surface area (Å²) in [6.07, 6.45) is 1.93. The Hall–Kier alpha value is -1.96. The average Bonchev–Trinajstić information content (AvgIpc) is 3.36. The molecule has 0 spiro atoms. The van der Waals surface area contributed by atoms with Crippen LogP contribution in [-0.2, 0) is 16.1 Å². The third kappa shape index (κ3) is 4.41. The molecule has 1 aliphatic rings. The van der Waals surface area contributed by atoms with Gasteiger partial charge in [0.05, 0.1) is 19.3 Å². The van der Waals surface area contributed by atoms with Crippen LogP contribution in [0.15, 0.2) is 29.6 Å². The number of esters is 1. The van der Waals surface area contributed by atoms with Crippen LogP contribution in [0.2, 0.25) is 5.02 Å².